The Morgan fingerprint density at radius 1 is 1.18 bits per heavy atom. The molecule has 0 aliphatic carbocycles. The summed E-state index contributed by atoms with van der Waals surface area (Å²) in [4.78, 5) is 40.8. The van der Waals surface area contributed by atoms with E-state index in [9.17, 15) is 32.9 Å². The predicted molar refractivity (Wildman–Crippen MR) is 104 cm³/mol. The van der Waals surface area contributed by atoms with Gasteiger partial charge in [0.25, 0.3) is 11.6 Å². The number of urea groups is 1. The van der Waals surface area contributed by atoms with Gasteiger partial charge in [0.15, 0.2) is 0 Å². The summed E-state index contributed by atoms with van der Waals surface area (Å²) in [6, 6.07) is 8.63. The Bertz CT molecular complexity index is 1260. The van der Waals surface area contributed by atoms with E-state index in [1.54, 1.807) is 0 Å². The highest BCUT2D eigenvalue weighted by molar-refractivity contribution is 6.07. The first kappa shape index (κ1) is 21.9. The number of amides is 3. The molecular weight excluding hydrogens is 447 g/mol. The minimum Gasteiger partial charge on any atom is -0.337 e. The molecule has 3 amide bonds. The van der Waals surface area contributed by atoms with Gasteiger partial charge in [0.05, 0.1) is 10.5 Å². The number of nitrogens with zero attached hydrogens (tertiary/aromatic N) is 4. The SMILES string of the molecule is CC1(c2cccc([N+](=O)[O-])c2)NC(=O)N(Cc2nc(-c3ccc(C(F)(F)F)cc3)no2)C1=O. The molecule has 0 spiro atoms. The number of alkyl halides is 3. The summed E-state index contributed by atoms with van der Waals surface area (Å²) in [5.74, 6) is -0.841. The first-order chi connectivity index (χ1) is 15.5. The van der Waals surface area contributed by atoms with Crippen molar-refractivity contribution in [3.63, 3.8) is 0 Å². The van der Waals surface area contributed by atoms with E-state index < -0.39 is 40.7 Å². The highest BCUT2D eigenvalue weighted by Crippen LogP contribution is 2.32. The standard InChI is InChI=1S/C20H14F3N5O5/c1-19(13-3-2-4-14(9-13)28(31)32)17(29)27(18(30)25-19)10-15-24-16(26-33-15)11-5-7-12(8-6-11)20(21,22)23/h2-9H,10H2,1H3,(H,25,30). The van der Waals surface area contributed by atoms with Crippen LogP contribution in [0.3, 0.4) is 0 Å². The van der Waals surface area contributed by atoms with Crippen LogP contribution in [0.4, 0.5) is 23.7 Å². The number of carbonyl (C=O) groups is 2. The number of halogens is 3. The Hall–Kier alpha value is -4.29. The zero-order valence-corrected chi connectivity index (χ0v) is 16.8. The van der Waals surface area contributed by atoms with Gasteiger partial charge in [-0.1, -0.05) is 29.4 Å². The second kappa shape index (κ2) is 7.69. The molecule has 1 aromatic heterocycles. The van der Waals surface area contributed by atoms with Gasteiger partial charge in [-0.15, -0.1) is 0 Å². The average Bonchev–Trinajstić information content (AvgIpc) is 3.32. The topological polar surface area (TPSA) is 131 Å². The summed E-state index contributed by atoms with van der Waals surface area (Å²) < 4.78 is 43.2. The summed E-state index contributed by atoms with van der Waals surface area (Å²) in [6.07, 6.45) is -4.49. The normalized spacial score (nSPS) is 18.5. The zero-order chi connectivity index (χ0) is 24.0. The molecule has 2 heterocycles. The molecule has 1 fully saturated rings. The number of aromatic nitrogens is 2. The van der Waals surface area contributed by atoms with Crippen LogP contribution >= 0.6 is 0 Å². The van der Waals surface area contributed by atoms with Gasteiger partial charge in [0.2, 0.25) is 11.7 Å². The van der Waals surface area contributed by atoms with Crippen LogP contribution < -0.4 is 5.32 Å². The molecule has 1 N–H and O–H groups in total. The molecule has 10 nitrogen and oxygen atoms in total. The molecule has 1 unspecified atom stereocenters. The number of rotatable bonds is 5. The van der Waals surface area contributed by atoms with Crippen molar-refractivity contribution in [1.82, 2.24) is 20.4 Å². The van der Waals surface area contributed by atoms with Crippen LogP contribution in [0.15, 0.2) is 53.1 Å². The molecule has 0 radical (unpaired) electrons. The first-order valence-corrected chi connectivity index (χ1v) is 9.38. The summed E-state index contributed by atoms with van der Waals surface area (Å²) in [5.41, 5.74) is -2.17. The molecule has 1 aliphatic heterocycles. The number of nitro benzene ring substituents is 1. The Labute approximate surface area is 183 Å². The lowest BCUT2D eigenvalue weighted by atomic mass is 9.91. The van der Waals surface area contributed by atoms with E-state index in [1.165, 1.54) is 43.3 Å². The minimum absolute atomic E-state index is 0.0211. The van der Waals surface area contributed by atoms with Gasteiger partial charge in [0.1, 0.15) is 12.1 Å². The fraction of sp³-hybridized carbons (Fsp3) is 0.200. The third kappa shape index (κ3) is 4.00. The van der Waals surface area contributed by atoms with Crippen LogP contribution in [-0.4, -0.2) is 31.9 Å². The van der Waals surface area contributed by atoms with Crippen molar-refractivity contribution < 1.29 is 32.2 Å². The van der Waals surface area contributed by atoms with E-state index in [0.717, 1.165) is 17.0 Å². The summed E-state index contributed by atoms with van der Waals surface area (Å²) >= 11 is 0. The molecule has 3 aromatic rings. The molecule has 1 aliphatic rings. The third-order valence-electron chi connectivity index (χ3n) is 5.14. The lowest BCUT2D eigenvalue weighted by molar-refractivity contribution is -0.385. The number of benzene rings is 2. The second-order valence-electron chi connectivity index (χ2n) is 7.34. The number of carbonyl (C=O) groups excluding carboxylic acids is 2. The van der Waals surface area contributed by atoms with Crippen LogP contribution in [-0.2, 0) is 23.1 Å². The van der Waals surface area contributed by atoms with Crippen molar-refractivity contribution in [3.05, 3.63) is 75.7 Å². The number of nitro groups is 1. The van der Waals surface area contributed by atoms with Gasteiger partial charge >= 0.3 is 12.2 Å². The van der Waals surface area contributed by atoms with E-state index in [0.29, 0.717) is 0 Å². The Balaban J connectivity index is 1.54. The Morgan fingerprint density at radius 3 is 2.52 bits per heavy atom. The lowest BCUT2D eigenvalue weighted by Gasteiger charge is -2.21. The molecule has 0 saturated carbocycles. The fourth-order valence-electron chi connectivity index (χ4n) is 3.35. The van der Waals surface area contributed by atoms with Gasteiger partial charge in [-0.05, 0) is 24.6 Å². The Kier molecular flexibility index (Phi) is 5.11. The van der Waals surface area contributed by atoms with Crippen molar-refractivity contribution in [1.29, 1.82) is 0 Å². The van der Waals surface area contributed by atoms with Crippen molar-refractivity contribution in [2.45, 2.75) is 25.2 Å². The summed E-state index contributed by atoms with van der Waals surface area (Å²) in [7, 11) is 0. The smallest absolute Gasteiger partial charge is 0.337 e. The second-order valence-corrected chi connectivity index (χ2v) is 7.34. The van der Waals surface area contributed by atoms with Crippen LogP contribution in [0.2, 0.25) is 0 Å². The molecule has 4 rings (SSSR count). The van der Waals surface area contributed by atoms with Crippen molar-refractivity contribution in [2.75, 3.05) is 0 Å². The maximum Gasteiger partial charge on any atom is 0.416 e. The number of non-ortho nitro benzene ring substituents is 1. The van der Waals surface area contributed by atoms with E-state index in [1.807, 2.05) is 0 Å². The van der Waals surface area contributed by atoms with E-state index >= 15 is 0 Å². The lowest BCUT2D eigenvalue weighted by Crippen LogP contribution is -2.40. The van der Waals surface area contributed by atoms with E-state index in [-0.39, 0.29) is 28.5 Å². The van der Waals surface area contributed by atoms with Crippen molar-refractivity contribution in [3.8, 4) is 11.4 Å². The number of hydrogen-bond acceptors (Lipinski definition) is 7. The quantitative estimate of drug-likeness (QED) is 0.349. The van der Waals surface area contributed by atoms with Gasteiger partial charge in [0, 0.05) is 17.7 Å². The molecule has 1 saturated heterocycles. The van der Waals surface area contributed by atoms with Gasteiger partial charge in [-0.25, -0.2) is 4.79 Å². The van der Waals surface area contributed by atoms with E-state index in [2.05, 4.69) is 15.5 Å². The highest BCUT2D eigenvalue weighted by Gasteiger charge is 2.49. The van der Waals surface area contributed by atoms with Gasteiger partial charge < -0.3 is 9.84 Å². The van der Waals surface area contributed by atoms with Crippen molar-refractivity contribution >= 4 is 17.6 Å². The maximum atomic E-state index is 13.0. The molecule has 170 valence electrons. The van der Waals surface area contributed by atoms with Crippen LogP contribution in [0.5, 0.6) is 0 Å². The summed E-state index contributed by atoms with van der Waals surface area (Å²) in [5, 5.41) is 17.2. The molecule has 0 bridgehead atoms. The van der Waals surface area contributed by atoms with Gasteiger partial charge in [-0.3, -0.25) is 19.8 Å². The molecule has 1 atom stereocenters. The van der Waals surface area contributed by atoms with Crippen LogP contribution in [0.25, 0.3) is 11.4 Å². The van der Waals surface area contributed by atoms with E-state index in [4.69, 9.17) is 4.52 Å². The molecule has 13 heteroatoms. The maximum absolute atomic E-state index is 13.0. The highest BCUT2D eigenvalue weighted by atomic mass is 19.4. The monoisotopic (exact) mass is 461 g/mol. The molecule has 2 aromatic carbocycles. The number of nitrogens with one attached hydrogen (secondary N) is 1. The largest absolute Gasteiger partial charge is 0.416 e. The van der Waals surface area contributed by atoms with Crippen LogP contribution in [0.1, 0.15) is 23.9 Å². The number of hydrogen-bond donors (Lipinski definition) is 1. The Morgan fingerprint density at radius 2 is 1.88 bits per heavy atom. The third-order valence-corrected chi connectivity index (χ3v) is 5.14. The zero-order valence-electron chi connectivity index (χ0n) is 16.8. The van der Waals surface area contributed by atoms with Crippen LogP contribution in [0, 0.1) is 10.1 Å². The first-order valence-electron chi connectivity index (χ1n) is 9.38. The molecule has 33 heavy (non-hydrogen) atoms. The minimum atomic E-state index is -4.49. The predicted octanol–water partition coefficient (Wildman–Crippen LogP) is 3.63. The van der Waals surface area contributed by atoms with Crippen molar-refractivity contribution in [2.24, 2.45) is 0 Å². The fourth-order valence-corrected chi connectivity index (χ4v) is 3.35. The molecular formula is C20H14F3N5O5. The average molecular weight is 461 g/mol. The van der Waals surface area contributed by atoms with Gasteiger partial charge in [-0.2, -0.15) is 18.2 Å². The number of imide groups is 1. The summed E-state index contributed by atoms with van der Waals surface area (Å²) in [6.45, 7) is 1.01.